The maximum atomic E-state index is 2.44. The monoisotopic (exact) mass is 380 g/mol. The number of unbranched alkanes of at least 4 members (excludes halogenated alkanes) is 3. The first-order valence-electron chi connectivity index (χ1n) is 9.09. The molecule has 0 spiro atoms. The number of aryl methyl sites for hydroxylation is 1. The molecule has 5 rings (SSSR count). The molecule has 3 heterocycles. The molecule has 0 bridgehead atoms. The molecule has 2 aromatic carbocycles. The Kier molecular flexibility index (Phi) is 4.04. The molecule has 0 amide bonds. The number of hydrogen-bond donors (Lipinski definition) is 0. The zero-order valence-corrected chi connectivity index (χ0v) is 16.8. The summed E-state index contributed by atoms with van der Waals surface area (Å²) >= 11 is 5.91. The highest BCUT2D eigenvalue weighted by atomic mass is 32.1. The quantitative estimate of drug-likeness (QED) is 0.268. The van der Waals surface area contributed by atoms with Gasteiger partial charge in [0.2, 0.25) is 0 Å². The molecular formula is C22H20S3. The van der Waals surface area contributed by atoms with E-state index in [1.807, 2.05) is 34.0 Å². The molecule has 0 nitrogen and oxygen atoms in total. The van der Waals surface area contributed by atoms with Crippen LogP contribution in [0.25, 0.3) is 39.7 Å². The molecule has 25 heavy (non-hydrogen) atoms. The maximum Gasteiger partial charge on any atom is 0.0542 e. The van der Waals surface area contributed by atoms with E-state index in [0.717, 1.165) is 0 Å². The smallest absolute Gasteiger partial charge is 0.0542 e. The summed E-state index contributed by atoms with van der Waals surface area (Å²) in [4.78, 5) is 1.55. The number of fused-ring (bicyclic) bond motifs is 6. The fourth-order valence-corrected chi connectivity index (χ4v) is 7.51. The van der Waals surface area contributed by atoms with Crippen molar-refractivity contribution in [2.75, 3.05) is 0 Å². The lowest BCUT2D eigenvalue weighted by Crippen LogP contribution is -1.80. The molecule has 0 atom stereocenters. The molecule has 5 aromatic rings. The van der Waals surface area contributed by atoms with Crippen LogP contribution in [0.3, 0.4) is 0 Å². The van der Waals surface area contributed by atoms with Crippen LogP contribution in [0.5, 0.6) is 0 Å². The minimum atomic E-state index is 1.24. The van der Waals surface area contributed by atoms with Crippen LogP contribution in [0.4, 0.5) is 0 Å². The summed E-state index contributed by atoms with van der Waals surface area (Å²) in [6.45, 7) is 2.28. The van der Waals surface area contributed by atoms with Crippen molar-refractivity contribution in [3.05, 3.63) is 47.3 Å². The third kappa shape index (κ3) is 2.69. The second-order valence-electron chi connectivity index (χ2n) is 6.77. The molecular weight excluding hydrogens is 360 g/mol. The van der Waals surface area contributed by atoms with Gasteiger partial charge in [-0.15, -0.1) is 34.0 Å². The summed E-state index contributed by atoms with van der Waals surface area (Å²) in [5.41, 5.74) is 0. The lowest BCUT2D eigenvalue weighted by Gasteiger charge is -1.96. The third-order valence-corrected chi connectivity index (χ3v) is 8.63. The summed E-state index contributed by atoms with van der Waals surface area (Å²) in [6.07, 6.45) is 6.61. The van der Waals surface area contributed by atoms with E-state index < -0.39 is 0 Å². The molecule has 0 fully saturated rings. The third-order valence-electron chi connectivity index (χ3n) is 4.95. The Bertz CT molecular complexity index is 1190. The SMILES string of the molecule is CCCCCCc1cc2cc3c(cc2s1)sc1c2ccccc2sc31. The molecule has 0 aliphatic rings. The Hall–Kier alpha value is -1.42. The summed E-state index contributed by atoms with van der Waals surface area (Å²) in [7, 11) is 0. The van der Waals surface area contributed by atoms with Gasteiger partial charge < -0.3 is 0 Å². The lowest BCUT2D eigenvalue weighted by molar-refractivity contribution is 0.670. The normalized spacial score (nSPS) is 12.2. The standard InChI is InChI=1S/C22H20S3/c1-2-3-4-5-8-15-11-14-12-17-20(13-19(14)23-15)25-21-16-9-6-7-10-18(16)24-22(17)21/h6-7,9-13H,2-5,8H2,1H3. The van der Waals surface area contributed by atoms with E-state index in [2.05, 4.69) is 49.4 Å². The van der Waals surface area contributed by atoms with Crippen LogP contribution in [0.2, 0.25) is 0 Å². The second-order valence-corrected chi connectivity index (χ2v) is 10.0. The van der Waals surface area contributed by atoms with E-state index in [0.29, 0.717) is 0 Å². The van der Waals surface area contributed by atoms with Gasteiger partial charge in [0, 0.05) is 29.7 Å². The van der Waals surface area contributed by atoms with E-state index in [9.17, 15) is 0 Å². The van der Waals surface area contributed by atoms with E-state index in [4.69, 9.17) is 0 Å². The molecule has 3 heteroatoms. The first kappa shape index (κ1) is 15.8. The van der Waals surface area contributed by atoms with Gasteiger partial charge in [-0.3, -0.25) is 0 Å². The molecule has 0 N–H and O–H groups in total. The average Bonchev–Trinajstić information content (AvgIpc) is 3.28. The van der Waals surface area contributed by atoms with Gasteiger partial charge in [0.1, 0.15) is 0 Å². The second kappa shape index (κ2) is 6.39. The topological polar surface area (TPSA) is 0 Å². The molecule has 0 radical (unpaired) electrons. The maximum absolute atomic E-state index is 2.44. The summed E-state index contributed by atoms with van der Waals surface area (Å²) < 4.78 is 7.25. The first-order chi connectivity index (χ1) is 12.3. The van der Waals surface area contributed by atoms with Crippen molar-refractivity contribution in [3.8, 4) is 0 Å². The molecule has 0 unspecified atom stereocenters. The number of rotatable bonds is 5. The molecule has 0 saturated heterocycles. The van der Waals surface area contributed by atoms with Gasteiger partial charge in [0.25, 0.3) is 0 Å². The van der Waals surface area contributed by atoms with Crippen molar-refractivity contribution in [2.24, 2.45) is 0 Å². The van der Waals surface area contributed by atoms with Gasteiger partial charge in [0.15, 0.2) is 0 Å². The number of thiophene rings is 3. The van der Waals surface area contributed by atoms with Gasteiger partial charge in [-0.2, -0.15) is 0 Å². The zero-order chi connectivity index (χ0) is 16.8. The van der Waals surface area contributed by atoms with Gasteiger partial charge in [-0.25, -0.2) is 0 Å². The number of benzene rings is 2. The van der Waals surface area contributed by atoms with Crippen molar-refractivity contribution < 1.29 is 0 Å². The lowest BCUT2D eigenvalue weighted by atomic mass is 10.1. The van der Waals surface area contributed by atoms with Gasteiger partial charge in [-0.1, -0.05) is 44.4 Å². The molecule has 126 valence electrons. The summed E-state index contributed by atoms with van der Waals surface area (Å²) in [5.74, 6) is 0. The van der Waals surface area contributed by atoms with E-state index >= 15 is 0 Å². The highest BCUT2D eigenvalue weighted by molar-refractivity contribution is 7.36. The fraction of sp³-hybridized carbons (Fsp3) is 0.273. The molecule has 0 saturated carbocycles. The molecule has 3 aromatic heterocycles. The Morgan fingerprint density at radius 2 is 1.56 bits per heavy atom. The Balaban J connectivity index is 1.59. The highest BCUT2D eigenvalue weighted by Crippen LogP contribution is 2.45. The van der Waals surface area contributed by atoms with Crippen LogP contribution >= 0.6 is 34.0 Å². The minimum absolute atomic E-state index is 1.24. The van der Waals surface area contributed by atoms with E-state index in [1.54, 1.807) is 4.88 Å². The molecule has 0 aliphatic heterocycles. The Morgan fingerprint density at radius 3 is 2.48 bits per heavy atom. The fourth-order valence-electron chi connectivity index (χ4n) is 3.64. The van der Waals surface area contributed by atoms with Crippen molar-refractivity contribution in [1.82, 2.24) is 0 Å². The van der Waals surface area contributed by atoms with Crippen LogP contribution in [-0.2, 0) is 6.42 Å². The summed E-state index contributed by atoms with van der Waals surface area (Å²) in [6, 6.07) is 16.1. The van der Waals surface area contributed by atoms with Gasteiger partial charge in [-0.05, 0) is 42.5 Å². The Labute approximate surface area is 159 Å². The average molecular weight is 381 g/mol. The van der Waals surface area contributed by atoms with Crippen molar-refractivity contribution in [2.45, 2.75) is 39.0 Å². The largest absolute Gasteiger partial charge is 0.140 e. The van der Waals surface area contributed by atoms with Crippen molar-refractivity contribution in [1.29, 1.82) is 0 Å². The zero-order valence-electron chi connectivity index (χ0n) is 14.3. The van der Waals surface area contributed by atoms with Crippen LogP contribution < -0.4 is 0 Å². The van der Waals surface area contributed by atoms with E-state index in [1.165, 1.54) is 71.8 Å². The first-order valence-corrected chi connectivity index (χ1v) is 11.5. The van der Waals surface area contributed by atoms with Crippen LogP contribution in [0.15, 0.2) is 42.5 Å². The van der Waals surface area contributed by atoms with Crippen molar-refractivity contribution >= 4 is 73.7 Å². The molecule has 0 aliphatic carbocycles. The number of hydrogen-bond acceptors (Lipinski definition) is 3. The summed E-state index contributed by atoms with van der Waals surface area (Å²) in [5, 5.41) is 4.30. The highest BCUT2D eigenvalue weighted by Gasteiger charge is 2.13. The van der Waals surface area contributed by atoms with Crippen LogP contribution in [0.1, 0.15) is 37.5 Å². The van der Waals surface area contributed by atoms with Crippen LogP contribution in [-0.4, -0.2) is 0 Å². The van der Waals surface area contributed by atoms with Gasteiger partial charge in [0.05, 0.1) is 9.40 Å². The predicted molar refractivity (Wildman–Crippen MR) is 118 cm³/mol. The Morgan fingerprint density at radius 1 is 0.720 bits per heavy atom. The van der Waals surface area contributed by atoms with E-state index in [-0.39, 0.29) is 0 Å². The van der Waals surface area contributed by atoms with Crippen molar-refractivity contribution in [3.63, 3.8) is 0 Å². The minimum Gasteiger partial charge on any atom is -0.140 e. The van der Waals surface area contributed by atoms with Crippen LogP contribution in [0, 0.1) is 0 Å². The predicted octanol–water partition coefficient (Wildman–Crippen LogP) is 8.61. The van der Waals surface area contributed by atoms with Gasteiger partial charge >= 0.3 is 0 Å².